The van der Waals surface area contributed by atoms with Gasteiger partial charge in [0.05, 0.1) is 0 Å². The third-order valence-electron chi connectivity index (χ3n) is 8.27. The van der Waals surface area contributed by atoms with Gasteiger partial charge >= 0.3 is 11.9 Å². The smallest absolute Gasteiger partial charge is 0.306 e. The molecule has 0 heterocycles. The summed E-state index contributed by atoms with van der Waals surface area (Å²) < 4.78 is 5.96. The van der Waals surface area contributed by atoms with Crippen LogP contribution in [0.25, 0.3) is 0 Å². The van der Waals surface area contributed by atoms with Crippen molar-refractivity contribution in [1.82, 2.24) is 0 Å². The molecule has 0 radical (unpaired) electrons. The summed E-state index contributed by atoms with van der Waals surface area (Å²) >= 11 is 0. The zero-order valence-corrected chi connectivity index (χ0v) is 29.7. The predicted molar refractivity (Wildman–Crippen MR) is 195 cm³/mol. The van der Waals surface area contributed by atoms with E-state index in [-0.39, 0.29) is 18.5 Å². The SMILES string of the molecule is CCCCC/C=C\C/C=C\CCCC(CCCCCCCC(=O)O)OC(=O)CCCCCCC/C=C\C/C=C\CCCCCC. The lowest BCUT2D eigenvalue weighted by atomic mass is 10.0. The van der Waals surface area contributed by atoms with E-state index in [0.29, 0.717) is 6.42 Å². The average Bonchev–Trinajstić information content (AvgIpc) is 3.02. The molecule has 0 aromatic heterocycles. The highest BCUT2D eigenvalue weighted by atomic mass is 16.5. The van der Waals surface area contributed by atoms with Crippen molar-refractivity contribution in [3.05, 3.63) is 48.6 Å². The highest BCUT2D eigenvalue weighted by molar-refractivity contribution is 5.69. The van der Waals surface area contributed by atoms with Gasteiger partial charge in [-0.15, -0.1) is 0 Å². The van der Waals surface area contributed by atoms with Gasteiger partial charge in [0, 0.05) is 12.8 Å². The van der Waals surface area contributed by atoms with Crippen molar-refractivity contribution in [2.75, 3.05) is 0 Å². The number of hydrogen-bond acceptors (Lipinski definition) is 3. The number of unbranched alkanes of at least 4 members (excludes halogenated alkanes) is 17. The molecule has 0 aliphatic heterocycles. The maximum Gasteiger partial charge on any atom is 0.306 e. The van der Waals surface area contributed by atoms with Crippen molar-refractivity contribution in [3.63, 3.8) is 0 Å². The summed E-state index contributed by atoms with van der Waals surface area (Å²) in [4.78, 5) is 23.3. The van der Waals surface area contributed by atoms with Crippen LogP contribution in [0, 0.1) is 0 Å². The summed E-state index contributed by atoms with van der Waals surface area (Å²) in [6.07, 6.45) is 48.3. The monoisotopic (exact) mass is 629 g/mol. The molecule has 4 nitrogen and oxygen atoms in total. The zero-order valence-electron chi connectivity index (χ0n) is 29.7. The van der Waals surface area contributed by atoms with Gasteiger partial charge in [0.25, 0.3) is 0 Å². The Kier molecular flexibility index (Phi) is 34.7. The first-order valence-corrected chi connectivity index (χ1v) is 19.1. The van der Waals surface area contributed by atoms with Crippen LogP contribution in [0.1, 0.15) is 194 Å². The molecule has 0 fully saturated rings. The number of allylic oxidation sites excluding steroid dienone is 8. The Labute approximate surface area is 279 Å². The molecule has 1 atom stereocenters. The van der Waals surface area contributed by atoms with Gasteiger partial charge in [0.15, 0.2) is 0 Å². The Morgan fingerprint density at radius 1 is 0.489 bits per heavy atom. The van der Waals surface area contributed by atoms with Crippen LogP contribution in [0.3, 0.4) is 0 Å². The first-order chi connectivity index (χ1) is 22.1. The molecule has 0 bridgehead atoms. The normalized spacial score (nSPS) is 12.8. The van der Waals surface area contributed by atoms with E-state index < -0.39 is 5.97 Å². The van der Waals surface area contributed by atoms with E-state index in [0.717, 1.165) is 89.9 Å². The van der Waals surface area contributed by atoms with E-state index in [9.17, 15) is 9.59 Å². The Bertz CT molecular complexity index is 763. The molecule has 1 N–H and O–H groups in total. The van der Waals surface area contributed by atoms with E-state index in [1.807, 2.05) is 0 Å². The fourth-order valence-corrected chi connectivity index (χ4v) is 5.43. The molecular weight excluding hydrogens is 556 g/mol. The molecule has 0 spiro atoms. The summed E-state index contributed by atoms with van der Waals surface area (Å²) in [6, 6.07) is 0. The van der Waals surface area contributed by atoms with Crippen LogP contribution < -0.4 is 0 Å². The maximum atomic E-state index is 12.6. The molecule has 0 aliphatic carbocycles. The number of aliphatic carboxylic acids is 1. The third kappa shape index (κ3) is 36.2. The van der Waals surface area contributed by atoms with Crippen LogP contribution in [-0.2, 0) is 14.3 Å². The zero-order chi connectivity index (χ0) is 32.9. The van der Waals surface area contributed by atoms with Crippen LogP contribution >= 0.6 is 0 Å². The molecule has 0 saturated heterocycles. The lowest BCUT2D eigenvalue weighted by molar-refractivity contribution is -0.150. The molecule has 0 aromatic carbocycles. The molecule has 45 heavy (non-hydrogen) atoms. The van der Waals surface area contributed by atoms with Gasteiger partial charge in [-0.3, -0.25) is 9.59 Å². The van der Waals surface area contributed by atoms with Crippen molar-refractivity contribution >= 4 is 11.9 Å². The minimum absolute atomic E-state index is 0.00562. The Hall–Kier alpha value is -2.10. The Morgan fingerprint density at radius 2 is 0.889 bits per heavy atom. The molecule has 0 saturated carbocycles. The van der Waals surface area contributed by atoms with Crippen molar-refractivity contribution in [2.45, 2.75) is 200 Å². The fraction of sp³-hybridized carbons (Fsp3) is 0.756. The summed E-state index contributed by atoms with van der Waals surface area (Å²) in [5, 5.41) is 8.80. The molecule has 1 unspecified atom stereocenters. The highest BCUT2D eigenvalue weighted by Crippen LogP contribution is 2.17. The van der Waals surface area contributed by atoms with E-state index in [1.54, 1.807) is 0 Å². The third-order valence-corrected chi connectivity index (χ3v) is 8.27. The molecule has 0 aliphatic rings. The first kappa shape index (κ1) is 42.9. The second kappa shape index (κ2) is 36.4. The minimum Gasteiger partial charge on any atom is -0.481 e. The maximum absolute atomic E-state index is 12.6. The van der Waals surface area contributed by atoms with Crippen LogP contribution in [0.2, 0.25) is 0 Å². The van der Waals surface area contributed by atoms with Crippen LogP contribution in [0.5, 0.6) is 0 Å². The predicted octanol–water partition coefficient (Wildman–Crippen LogP) is 13.2. The van der Waals surface area contributed by atoms with E-state index in [2.05, 4.69) is 62.5 Å². The fourth-order valence-electron chi connectivity index (χ4n) is 5.43. The van der Waals surface area contributed by atoms with E-state index in [4.69, 9.17) is 9.84 Å². The van der Waals surface area contributed by atoms with Crippen LogP contribution in [0.4, 0.5) is 0 Å². The van der Waals surface area contributed by atoms with E-state index >= 15 is 0 Å². The number of carbonyl (C=O) groups excluding carboxylic acids is 1. The summed E-state index contributed by atoms with van der Waals surface area (Å²) in [5.74, 6) is -0.745. The van der Waals surface area contributed by atoms with Gasteiger partial charge in [-0.25, -0.2) is 0 Å². The topological polar surface area (TPSA) is 63.6 Å². The average molecular weight is 629 g/mol. The summed E-state index contributed by atoms with van der Waals surface area (Å²) in [6.45, 7) is 4.49. The van der Waals surface area contributed by atoms with Gasteiger partial charge in [0.1, 0.15) is 6.10 Å². The summed E-state index contributed by atoms with van der Waals surface area (Å²) in [7, 11) is 0. The van der Waals surface area contributed by atoms with E-state index in [1.165, 1.54) is 77.0 Å². The Balaban J connectivity index is 4.13. The number of carbonyl (C=O) groups is 2. The largest absolute Gasteiger partial charge is 0.481 e. The molecular formula is C41H72O4. The minimum atomic E-state index is -0.710. The van der Waals surface area contributed by atoms with Gasteiger partial charge in [0.2, 0.25) is 0 Å². The standard InChI is InChI=1S/C41H72O4/c1-3-5-7-9-11-13-15-16-17-18-19-21-23-25-30-34-38-41(44)45-39(36-32-28-26-29-33-37-40(42)43)35-31-27-24-22-20-14-12-10-8-6-4-2/h12-15,17-18,22,24,39H,3-11,16,19-21,23,25-38H2,1-2H3,(H,42,43)/b14-12-,15-13-,18-17-,24-22-. The van der Waals surface area contributed by atoms with Gasteiger partial charge < -0.3 is 9.84 Å². The number of esters is 1. The lowest BCUT2D eigenvalue weighted by Gasteiger charge is -2.18. The number of hydrogen-bond donors (Lipinski definition) is 1. The van der Waals surface area contributed by atoms with Gasteiger partial charge in [-0.2, -0.15) is 0 Å². The van der Waals surface area contributed by atoms with Crippen LogP contribution in [0.15, 0.2) is 48.6 Å². The second-order valence-electron chi connectivity index (χ2n) is 12.8. The molecule has 0 aromatic rings. The first-order valence-electron chi connectivity index (χ1n) is 19.1. The molecule has 0 rings (SSSR count). The molecule has 0 amide bonds. The van der Waals surface area contributed by atoms with Crippen LogP contribution in [-0.4, -0.2) is 23.1 Å². The van der Waals surface area contributed by atoms with Gasteiger partial charge in [-0.1, -0.05) is 133 Å². The summed E-state index contributed by atoms with van der Waals surface area (Å²) in [5.41, 5.74) is 0. The van der Waals surface area contributed by atoms with Crippen molar-refractivity contribution < 1.29 is 19.4 Å². The van der Waals surface area contributed by atoms with Crippen molar-refractivity contribution in [3.8, 4) is 0 Å². The highest BCUT2D eigenvalue weighted by Gasteiger charge is 2.14. The number of ether oxygens (including phenoxy) is 1. The van der Waals surface area contributed by atoms with Crippen molar-refractivity contribution in [1.29, 1.82) is 0 Å². The van der Waals surface area contributed by atoms with Crippen molar-refractivity contribution in [2.24, 2.45) is 0 Å². The number of carboxylic acids is 1. The van der Waals surface area contributed by atoms with Gasteiger partial charge in [-0.05, 0) is 96.3 Å². The molecule has 4 heteroatoms. The Morgan fingerprint density at radius 3 is 1.44 bits per heavy atom. The second-order valence-corrected chi connectivity index (χ2v) is 12.8. The number of carboxylic acid groups (broad SMARTS) is 1. The molecule has 260 valence electrons. The number of rotatable bonds is 34. The lowest BCUT2D eigenvalue weighted by Crippen LogP contribution is -2.18. The quantitative estimate of drug-likeness (QED) is 0.0437.